The first-order valence-electron chi connectivity index (χ1n) is 24.7. The van der Waals surface area contributed by atoms with Gasteiger partial charge in [0, 0.05) is 19.3 Å². The Labute approximate surface area is 375 Å². The largest absolute Gasteiger partial charge is 0.462 e. The maximum Gasteiger partial charge on any atom is 0.306 e. The highest BCUT2D eigenvalue weighted by Crippen LogP contribution is 2.13. The van der Waals surface area contributed by atoms with Crippen molar-refractivity contribution in [2.24, 2.45) is 0 Å². The van der Waals surface area contributed by atoms with Crippen LogP contribution in [-0.4, -0.2) is 37.2 Å². The molecule has 0 saturated heterocycles. The quantitative estimate of drug-likeness (QED) is 0.0263. The van der Waals surface area contributed by atoms with E-state index in [2.05, 4.69) is 112 Å². The normalized spacial score (nSPS) is 12.9. The number of rotatable bonds is 43. The molecular weight excluding hydrogens is 757 g/mol. The summed E-state index contributed by atoms with van der Waals surface area (Å²) in [5.41, 5.74) is 0. The van der Waals surface area contributed by atoms with Gasteiger partial charge in [0.1, 0.15) is 13.2 Å². The molecule has 1 atom stereocenters. The van der Waals surface area contributed by atoms with Gasteiger partial charge in [0.2, 0.25) is 0 Å². The summed E-state index contributed by atoms with van der Waals surface area (Å²) < 4.78 is 16.7. The van der Waals surface area contributed by atoms with E-state index in [9.17, 15) is 14.4 Å². The topological polar surface area (TPSA) is 78.9 Å². The summed E-state index contributed by atoms with van der Waals surface area (Å²) in [7, 11) is 0. The lowest BCUT2D eigenvalue weighted by Crippen LogP contribution is -2.30. The fourth-order valence-electron chi connectivity index (χ4n) is 6.40. The minimum atomic E-state index is -0.817. The summed E-state index contributed by atoms with van der Waals surface area (Å²) in [5, 5.41) is 0. The number of esters is 3. The van der Waals surface area contributed by atoms with Gasteiger partial charge in [-0.2, -0.15) is 0 Å². The van der Waals surface area contributed by atoms with Gasteiger partial charge in [-0.25, -0.2) is 0 Å². The number of allylic oxidation sites excluding steroid dienone is 16. The van der Waals surface area contributed by atoms with Gasteiger partial charge in [0.15, 0.2) is 6.10 Å². The summed E-state index contributed by atoms with van der Waals surface area (Å²) in [6.45, 7) is 6.31. The minimum absolute atomic E-state index is 0.116. The van der Waals surface area contributed by atoms with Gasteiger partial charge < -0.3 is 14.2 Å². The van der Waals surface area contributed by atoms with Gasteiger partial charge in [0.05, 0.1) is 0 Å². The number of carbonyl (C=O) groups is 3. The van der Waals surface area contributed by atoms with Crippen LogP contribution in [0.25, 0.3) is 0 Å². The van der Waals surface area contributed by atoms with E-state index in [0.29, 0.717) is 19.3 Å². The van der Waals surface area contributed by atoms with Crippen LogP contribution in [0.15, 0.2) is 97.2 Å². The SMILES string of the molecule is CC/C=C\C/C=C\C/C=C\C/C=C\CCCCCC(=O)OCC(COC(=O)CC/C=C\C/C=C\CCCCCCCC)OC(=O)CCCCCCCCC/C=C\C/C=C\CC. The zero-order valence-corrected chi connectivity index (χ0v) is 39.4. The molecule has 0 radical (unpaired) electrons. The second-order valence-corrected chi connectivity index (χ2v) is 16.0. The van der Waals surface area contributed by atoms with Crippen molar-refractivity contribution in [2.45, 2.75) is 219 Å². The van der Waals surface area contributed by atoms with Crippen molar-refractivity contribution in [1.82, 2.24) is 0 Å². The number of hydrogen-bond donors (Lipinski definition) is 0. The Morgan fingerprint density at radius 2 is 0.672 bits per heavy atom. The molecule has 0 aromatic heterocycles. The van der Waals surface area contributed by atoms with Gasteiger partial charge in [-0.1, -0.05) is 189 Å². The van der Waals surface area contributed by atoms with E-state index in [-0.39, 0.29) is 37.5 Å². The van der Waals surface area contributed by atoms with E-state index in [0.717, 1.165) is 103 Å². The van der Waals surface area contributed by atoms with Gasteiger partial charge in [-0.3, -0.25) is 14.4 Å². The Morgan fingerprint density at radius 1 is 0.344 bits per heavy atom. The Morgan fingerprint density at radius 3 is 1.11 bits per heavy atom. The maximum atomic E-state index is 12.8. The average Bonchev–Trinajstić information content (AvgIpc) is 3.26. The second kappa shape index (κ2) is 49.0. The molecule has 0 aliphatic rings. The number of carbonyl (C=O) groups excluding carboxylic acids is 3. The highest BCUT2D eigenvalue weighted by atomic mass is 16.6. The van der Waals surface area contributed by atoms with Crippen LogP contribution < -0.4 is 0 Å². The molecule has 0 bridgehead atoms. The van der Waals surface area contributed by atoms with Crippen LogP contribution in [0.5, 0.6) is 0 Å². The molecule has 0 aliphatic heterocycles. The van der Waals surface area contributed by atoms with E-state index < -0.39 is 6.10 Å². The third-order valence-electron chi connectivity index (χ3n) is 10.1. The Hall–Kier alpha value is -3.67. The maximum absolute atomic E-state index is 12.8. The molecule has 0 rings (SSSR count). The molecule has 1 unspecified atom stereocenters. The van der Waals surface area contributed by atoms with Crippen LogP contribution in [0, 0.1) is 0 Å². The summed E-state index contributed by atoms with van der Waals surface area (Å²) in [6.07, 6.45) is 64.0. The summed E-state index contributed by atoms with van der Waals surface area (Å²) >= 11 is 0. The molecule has 0 aliphatic carbocycles. The fraction of sp³-hybridized carbons (Fsp3) is 0.655. The minimum Gasteiger partial charge on any atom is -0.462 e. The molecule has 0 spiro atoms. The van der Waals surface area contributed by atoms with Crippen molar-refractivity contribution in [1.29, 1.82) is 0 Å². The summed E-state index contributed by atoms with van der Waals surface area (Å²) in [6, 6.07) is 0. The third kappa shape index (κ3) is 47.2. The number of ether oxygens (including phenoxy) is 3. The average molecular weight is 847 g/mol. The van der Waals surface area contributed by atoms with Crippen molar-refractivity contribution in [3.05, 3.63) is 97.2 Å². The summed E-state index contributed by atoms with van der Waals surface area (Å²) in [4.78, 5) is 37.9. The van der Waals surface area contributed by atoms with Crippen molar-refractivity contribution < 1.29 is 28.6 Å². The molecule has 0 N–H and O–H groups in total. The first kappa shape index (κ1) is 57.3. The van der Waals surface area contributed by atoms with Gasteiger partial charge in [-0.05, 0) is 103 Å². The van der Waals surface area contributed by atoms with Gasteiger partial charge in [-0.15, -0.1) is 0 Å². The first-order valence-corrected chi connectivity index (χ1v) is 24.7. The predicted molar refractivity (Wildman–Crippen MR) is 260 cm³/mol. The molecule has 346 valence electrons. The van der Waals surface area contributed by atoms with Crippen molar-refractivity contribution >= 4 is 17.9 Å². The van der Waals surface area contributed by atoms with Crippen molar-refractivity contribution in [3.8, 4) is 0 Å². The molecule has 0 amide bonds. The van der Waals surface area contributed by atoms with Gasteiger partial charge in [0.25, 0.3) is 0 Å². The number of hydrogen-bond acceptors (Lipinski definition) is 6. The first-order chi connectivity index (χ1) is 30.0. The molecule has 0 saturated carbocycles. The molecule has 0 aromatic rings. The standard InChI is InChI=1S/C55H90O6/c1-4-7-10-13-16-19-22-25-27-28-31-33-36-39-42-45-48-54(57)60-51-52(50-59-53(56)47-44-41-38-35-32-29-24-21-18-15-12-9-6-3)61-55(58)49-46-43-40-37-34-30-26-23-20-17-14-11-8-5-2/h7-8,10-11,16-17,19-20,25,27,29,31-33,38,41,52H,4-6,9,12-15,18,21-24,26,28,30,34-37,39-40,42-51H2,1-3H3/b10-7-,11-8-,19-16-,20-17-,27-25-,32-29-,33-31-,41-38-. The molecule has 0 fully saturated rings. The Kier molecular flexibility index (Phi) is 46.0. The molecule has 61 heavy (non-hydrogen) atoms. The van der Waals surface area contributed by atoms with E-state index in [1.54, 1.807) is 0 Å². The second-order valence-electron chi connectivity index (χ2n) is 16.0. The molecule has 0 heterocycles. The van der Waals surface area contributed by atoms with E-state index in [4.69, 9.17) is 14.2 Å². The van der Waals surface area contributed by atoms with Crippen LogP contribution >= 0.6 is 0 Å². The Balaban J connectivity index is 4.52. The third-order valence-corrected chi connectivity index (χ3v) is 10.1. The van der Waals surface area contributed by atoms with E-state index in [1.165, 1.54) is 64.2 Å². The zero-order chi connectivity index (χ0) is 44.4. The van der Waals surface area contributed by atoms with Crippen LogP contribution in [0.2, 0.25) is 0 Å². The predicted octanol–water partition coefficient (Wildman–Crippen LogP) is 16.2. The highest BCUT2D eigenvalue weighted by molar-refractivity contribution is 5.71. The van der Waals surface area contributed by atoms with E-state index >= 15 is 0 Å². The molecular formula is C55H90O6. The van der Waals surface area contributed by atoms with Crippen molar-refractivity contribution in [3.63, 3.8) is 0 Å². The van der Waals surface area contributed by atoms with Crippen LogP contribution in [-0.2, 0) is 28.6 Å². The molecule has 0 aromatic carbocycles. The lowest BCUT2D eigenvalue weighted by atomic mass is 10.1. The fourth-order valence-corrected chi connectivity index (χ4v) is 6.40. The smallest absolute Gasteiger partial charge is 0.306 e. The lowest BCUT2D eigenvalue weighted by molar-refractivity contribution is -0.166. The molecule has 6 nitrogen and oxygen atoms in total. The van der Waals surface area contributed by atoms with Gasteiger partial charge >= 0.3 is 17.9 Å². The van der Waals surface area contributed by atoms with Crippen LogP contribution in [0.1, 0.15) is 213 Å². The van der Waals surface area contributed by atoms with Crippen molar-refractivity contribution in [2.75, 3.05) is 13.2 Å². The lowest BCUT2D eigenvalue weighted by Gasteiger charge is -2.18. The van der Waals surface area contributed by atoms with E-state index in [1.807, 2.05) is 6.08 Å². The highest BCUT2D eigenvalue weighted by Gasteiger charge is 2.19. The van der Waals surface area contributed by atoms with Crippen LogP contribution in [0.4, 0.5) is 0 Å². The summed E-state index contributed by atoms with van der Waals surface area (Å²) in [5.74, 6) is -1.03. The Bertz CT molecular complexity index is 1250. The zero-order valence-electron chi connectivity index (χ0n) is 39.4. The monoisotopic (exact) mass is 847 g/mol. The van der Waals surface area contributed by atoms with Crippen LogP contribution in [0.3, 0.4) is 0 Å². The molecule has 6 heteroatoms. The number of unbranched alkanes of at least 4 members (excludes halogenated alkanes) is 16.